The predicted molar refractivity (Wildman–Crippen MR) is 98.4 cm³/mol. The molecule has 1 saturated heterocycles. The van der Waals surface area contributed by atoms with Gasteiger partial charge in [0, 0.05) is 31.4 Å². The van der Waals surface area contributed by atoms with Gasteiger partial charge in [-0.2, -0.15) is 5.10 Å². The van der Waals surface area contributed by atoms with Gasteiger partial charge in [0.2, 0.25) is 0 Å². The van der Waals surface area contributed by atoms with Crippen molar-refractivity contribution < 1.29 is 14.6 Å². The lowest BCUT2D eigenvalue weighted by atomic mass is 10.1. The molecule has 0 bridgehead atoms. The fraction of sp³-hybridized carbons (Fsp3) is 0.474. The lowest BCUT2D eigenvalue weighted by Gasteiger charge is -2.26. The first-order chi connectivity index (χ1) is 12.6. The summed E-state index contributed by atoms with van der Waals surface area (Å²) in [5, 5.41) is 14.2. The summed E-state index contributed by atoms with van der Waals surface area (Å²) in [7, 11) is 3.72. The summed E-state index contributed by atoms with van der Waals surface area (Å²) in [5.41, 5.74) is 1.82. The van der Waals surface area contributed by atoms with Gasteiger partial charge in [0.25, 0.3) is 0 Å². The van der Waals surface area contributed by atoms with Crippen LogP contribution in [0.25, 0.3) is 0 Å². The average molecular weight is 358 g/mol. The maximum absolute atomic E-state index is 11.9. The maximum atomic E-state index is 11.9. The summed E-state index contributed by atoms with van der Waals surface area (Å²) in [4.78, 5) is 16.2. The monoisotopic (exact) mass is 358 g/mol. The van der Waals surface area contributed by atoms with Crippen LogP contribution in [0, 0.1) is 0 Å². The highest BCUT2D eigenvalue weighted by Gasteiger charge is 2.29. The molecule has 1 unspecified atom stereocenters. The Balaban J connectivity index is 1.73. The number of benzene rings is 1. The lowest BCUT2D eigenvalue weighted by molar-refractivity contribution is -0.143. The van der Waals surface area contributed by atoms with Crippen LogP contribution in [-0.4, -0.2) is 71.0 Å². The van der Waals surface area contributed by atoms with E-state index >= 15 is 0 Å². The van der Waals surface area contributed by atoms with Crippen molar-refractivity contribution in [2.45, 2.75) is 19.0 Å². The topological polar surface area (TPSA) is 70.8 Å². The van der Waals surface area contributed by atoms with Gasteiger partial charge in [-0.15, -0.1) is 0 Å². The Kier molecular flexibility index (Phi) is 5.90. The minimum absolute atomic E-state index is 0.596. The van der Waals surface area contributed by atoms with Crippen LogP contribution < -0.4 is 4.74 Å². The Morgan fingerprint density at radius 1 is 1.23 bits per heavy atom. The highest BCUT2D eigenvalue weighted by Crippen LogP contribution is 2.23. The number of rotatable bonds is 6. The van der Waals surface area contributed by atoms with Crippen molar-refractivity contribution in [1.82, 2.24) is 19.6 Å². The number of carboxylic acid groups (broad SMARTS) is 1. The van der Waals surface area contributed by atoms with Crippen LogP contribution in [0.5, 0.6) is 5.75 Å². The number of methoxy groups -OCH3 is 1. The zero-order valence-corrected chi connectivity index (χ0v) is 15.3. The van der Waals surface area contributed by atoms with Crippen molar-refractivity contribution in [1.29, 1.82) is 0 Å². The summed E-state index contributed by atoms with van der Waals surface area (Å²) in [6, 6.07) is 7.14. The number of nitrogens with zero attached hydrogens (tertiary/aromatic N) is 4. The number of carbonyl (C=O) groups is 1. The lowest BCUT2D eigenvalue weighted by Crippen LogP contribution is -2.36. The normalized spacial score (nSPS) is 17.6. The number of ether oxygens (including phenoxy) is 1. The van der Waals surface area contributed by atoms with Crippen molar-refractivity contribution in [3.63, 3.8) is 0 Å². The van der Waals surface area contributed by atoms with E-state index in [0.717, 1.165) is 49.5 Å². The van der Waals surface area contributed by atoms with Crippen LogP contribution in [-0.2, 0) is 11.3 Å². The SMILES string of the molecule is COc1ccc(Cn2cc(C(C(=O)O)N3CCCN(C)CC3)cn2)cc1. The summed E-state index contributed by atoms with van der Waals surface area (Å²) < 4.78 is 6.96. The van der Waals surface area contributed by atoms with Crippen molar-refractivity contribution in [2.75, 3.05) is 40.3 Å². The van der Waals surface area contributed by atoms with E-state index in [2.05, 4.69) is 17.0 Å². The quantitative estimate of drug-likeness (QED) is 0.848. The standard InChI is InChI=1S/C19H26N4O3/c1-21-8-3-9-22(11-10-21)18(19(24)25)16-12-20-23(14-16)13-15-4-6-17(26-2)7-5-15/h4-7,12,14,18H,3,8-11,13H2,1-2H3,(H,24,25). The number of hydrogen-bond donors (Lipinski definition) is 1. The van der Waals surface area contributed by atoms with Gasteiger partial charge in [0.15, 0.2) is 0 Å². The van der Waals surface area contributed by atoms with Gasteiger partial charge < -0.3 is 14.7 Å². The third-order valence-corrected chi connectivity index (χ3v) is 4.83. The van der Waals surface area contributed by atoms with Crippen molar-refractivity contribution in [3.8, 4) is 5.75 Å². The van der Waals surface area contributed by atoms with Crippen LogP contribution >= 0.6 is 0 Å². The Labute approximate surface area is 153 Å². The molecule has 1 aromatic carbocycles. The zero-order chi connectivity index (χ0) is 18.5. The molecular formula is C19H26N4O3. The molecule has 0 saturated carbocycles. The molecule has 3 rings (SSSR count). The highest BCUT2D eigenvalue weighted by atomic mass is 16.5. The second-order valence-electron chi connectivity index (χ2n) is 6.75. The smallest absolute Gasteiger partial charge is 0.325 e. The van der Waals surface area contributed by atoms with E-state index < -0.39 is 12.0 Å². The predicted octanol–water partition coefficient (Wildman–Crippen LogP) is 1.70. The molecule has 1 atom stereocenters. The Hall–Kier alpha value is -2.38. The molecule has 0 spiro atoms. The average Bonchev–Trinajstić information content (AvgIpc) is 2.96. The molecule has 0 radical (unpaired) electrons. The third-order valence-electron chi connectivity index (χ3n) is 4.83. The number of likely N-dealkylation sites (N-methyl/N-ethyl adjacent to an activating group) is 1. The number of carboxylic acids is 1. The van der Waals surface area contributed by atoms with Gasteiger partial charge in [0.1, 0.15) is 11.8 Å². The molecule has 1 N–H and O–H groups in total. The molecule has 140 valence electrons. The van der Waals surface area contributed by atoms with E-state index in [9.17, 15) is 9.90 Å². The van der Waals surface area contributed by atoms with E-state index in [0.29, 0.717) is 6.54 Å². The molecule has 1 aromatic heterocycles. The second-order valence-corrected chi connectivity index (χ2v) is 6.75. The largest absolute Gasteiger partial charge is 0.497 e. The molecule has 26 heavy (non-hydrogen) atoms. The zero-order valence-electron chi connectivity index (χ0n) is 15.3. The fourth-order valence-corrected chi connectivity index (χ4v) is 3.36. The van der Waals surface area contributed by atoms with E-state index in [1.54, 1.807) is 18.0 Å². The van der Waals surface area contributed by atoms with Crippen molar-refractivity contribution in [2.24, 2.45) is 0 Å². The summed E-state index contributed by atoms with van der Waals surface area (Å²) in [6.07, 6.45) is 4.49. The highest BCUT2D eigenvalue weighted by molar-refractivity contribution is 5.75. The van der Waals surface area contributed by atoms with E-state index in [4.69, 9.17) is 4.74 Å². The van der Waals surface area contributed by atoms with E-state index in [1.165, 1.54) is 0 Å². The molecule has 0 amide bonds. The van der Waals surface area contributed by atoms with Gasteiger partial charge in [-0.05, 0) is 37.7 Å². The first kappa shape index (κ1) is 18.4. The van der Waals surface area contributed by atoms with Gasteiger partial charge >= 0.3 is 5.97 Å². The number of hydrogen-bond acceptors (Lipinski definition) is 5. The Morgan fingerprint density at radius 2 is 2.00 bits per heavy atom. The molecule has 0 aliphatic carbocycles. The molecule has 2 heterocycles. The minimum Gasteiger partial charge on any atom is -0.497 e. The Morgan fingerprint density at radius 3 is 2.69 bits per heavy atom. The number of aliphatic carboxylic acids is 1. The maximum Gasteiger partial charge on any atom is 0.325 e. The molecule has 1 fully saturated rings. The summed E-state index contributed by atoms with van der Waals surface area (Å²) in [5.74, 6) is -0.00877. The molecule has 7 heteroatoms. The molecule has 7 nitrogen and oxygen atoms in total. The molecule has 1 aliphatic rings. The summed E-state index contributed by atoms with van der Waals surface area (Å²) in [6.45, 7) is 4.00. The van der Waals surface area contributed by atoms with Crippen LogP contribution in [0.1, 0.15) is 23.6 Å². The van der Waals surface area contributed by atoms with Gasteiger partial charge in [-0.3, -0.25) is 14.4 Å². The minimum atomic E-state index is -0.821. The fourth-order valence-electron chi connectivity index (χ4n) is 3.36. The van der Waals surface area contributed by atoms with E-state index in [1.807, 2.05) is 35.4 Å². The van der Waals surface area contributed by atoms with E-state index in [-0.39, 0.29) is 0 Å². The van der Waals surface area contributed by atoms with Crippen molar-refractivity contribution in [3.05, 3.63) is 47.8 Å². The Bertz CT molecular complexity index is 729. The van der Waals surface area contributed by atoms with Gasteiger partial charge in [-0.1, -0.05) is 12.1 Å². The molecule has 2 aromatic rings. The first-order valence-corrected chi connectivity index (χ1v) is 8.87. The van der Waals surface area contributed by atoms with Crippen LogP contribution in [0.4, 0.5) is 0 Å². The van der Waals surface area contributed by atoms with Crippen molar-refractivity contribution >= 4 is 5.97 Å². The number of aromatic nitrogens is 2. The second kappa shape index (κ2) is 8.33. The van der Waals surface area contributed by atoms with Crippen LogP contribution in [0.3, 0.4) is 0 Å². The van der Waals surface area contributed by atoms with Gasteiger partial charge in [0.05, 0.1) is 19.9 Å². The molecule has 1 aliphatic heterocycles. The molecular weight excluding hydrogens is 332 g/mol. The van der Waals surface area contributed by atoms with Crippen LogP contribution in [0.15, 0.2) is 36.7 Å². The third kappa shape index (κ3) is 4.42. The van der Waals surface area contributed by atoms with Crippen LogP contribution in [0.2, 0.25) is 0 Å². The van der Waals surface area contributed by atoms with Gasteiger partial charge in [-0.25, -0.2) is 0 Å². The first-order valence-electron chi connectivity index (χ1n) is 8.87. The summed E-state index contributed by atoms with van der Waals surface area (Å²) >= 11 is 0.